The van der Waals surface area contributed by atoms with Crippen LogP contribution >= 0.6 is 35.4 Å². The van der Waals surface area contributed by atoms with Crippen molar-refractivity contribution in [2.45, 2.75) is 38.1 Å². The number of anilines is 1. The number of halogens is 2. The van der Waals surface area contributed by atoms with Crippen molar-refractivity contribution in [3.8, 4) is 0 Å². The zero-order valence-electron chi connectivity index (χ0n) is 13.2. The molecular formula is C17H23Cl2N3S. The number of hydrogen-bond acceptors (Lipinski definition) is 2. The third-order valence-electron chi connectivity index (χ3n) is 4.77. The minimum Gasteiger partial charge on any atom is -0.368 e. The van der Waals surface area contributed by atoms with Gasteiger partial charge in [0.1, 0.15) is 0 Å². The first-order valence-electron chi connectivity index (χ1n) is 8.39. The second-order valence-electron chi connectivity index (χ2n) is 6.36. The molecule has 1 aromatic rings. The fourth-order valence-corrected chi connectivity index (χ4v) is 4.00. The molecule has 3 rings (SSSR count). The summed E-state index contributed by atoms with van der Waals surface area (Å²) in [6.45, 7) is 3.78. The summed E-state index contributed by atoms with van der Waals surface area (Å²) in [5.41, 5.74) is 1.13. The molecule has 1 heterocycles. The van der Waals surface area contributed by atoms with Gasteiger partial charge in [-0.15, -0.1) is 0 Å². The lowest BCUT2D eigenvalue weighted by molar-refractivity contribution is 0.355. The number of hydrogen-bond donors (Lipinski definition) is 1. The molecule has 0 aromatic heterocycles. The van der Waals surface area contributed by atoms with E-state index in [1.807, 2.05) is 18.2 Å². The topological polar surface area (TPSA) is 18.5 Å². The Hall–Kier alpha value is -0.710. The van der Waals surface area contributed by atoms with Crippen molar-refractivity contribution in [1.29, 1.82) is 0 Å². The van der Waals surface area contributed by atoms with E-state index in [0.717, 1.165) is 37.0 Å². The first kappa shape index (κ1) is 17.1. The molecular weight excluding hydrogens is 349 g/mol. The van der Waals surface area contributed by atoms with Gasteiger partial charge in [-0.1, -0.05) is 42.5 Å². The summed E-state index contributed by atoms with van der Waals surface area (Å²) in [6, 6.07) is 6.41. The van der Waals surface area contributed by atoms with Gasteiger partial charge in [0.05, 0.1) is 10.0 Å². The van der Waals surface area contributed by atoms with Gasteiger partial charge in [0.15, 0.2) is 5.11 Å². The van der Waals surface area contributed by atoms with Gasteiger partial charge in [-0.3, -0.25) is 0 Å². The van der Waals surface area contributed by atoms with Crippen molar-refractivity contribution in [2.24, 2.45) is 0 Å². The first-order chi connectivity index (χ1) is 11.1. The van der Waals surface area contributed by atoms with Crippen molar-refractivity contribution in [3.05, 3.63) is 28.2 Å². The summed E-state index contributed by atoms with van der Waals surface area (Å²) >= 11 is 17.7. The Labute approximate surface area is 153 Å². The Morgan fingerprint density at radius 3 is 2.35 bits per heavy atom. The van der Waals surface area contributed by atoms with Crippen LogP contribution in [0.15, 0.2) is 18.2 Å². The number of benzene rings is 1. The lowest BCUT2D eigenvalue weighted by Crippen LogP contribution is -2.53. The largest absolute Gasteiger partial charge is 0.368 e. The summed E-state index contributed by atoms with van der Waals surface area (Å²) in [5.74, 6) is 0. The molecule has 1 N–H and O–H groups in total. The number of nitrogens with zero attached hydrogens (tertiary/aromatic N) is 2. The van der Waals surface area contributed by atoms with Gasteiger partial charge in [0.25, 0.3) is 0 Å². The van der Waals surface area contributed by atoms with Gasteiger partial charge in [-0.05, 0) is 43.3 Å². The van der Waals surface area contributed by atoms with E-state index in [0.29, 0.717) is 16.1 Å². The van der Waals surface area contributed by atoms with Crippen LogP contribution < -0.4 is 10.2 Å². The average Bonchev–Trinajstić information content (AvgIpc) is 2.58. The number of rotatable bonds is 2. The SMILES string of the molecule is S=C(NC1CCCCC1)N1CCN(c2ccc(Cl)c(Cl)c2)CC1. The van der Waals surface area contributed by atoms with E-state index in [9.17, 15) is 0 Å². The van der Waals surface area contributed by atoms with E-state index in [4.69, 9.17) is 35.4 Å². The van der Waals surface area contributed by atoms with Gasteiger partial charge in [-0.25, -0.2) is 0 Å². The fraction of sp³-hybridized carbons (Fsp3) is 0.588. The molecule has 1 aromatic carbocycles. The Kier molecular flexibility index (Phi) is 5.89. The molecule has 126 valence electrons. The van der Waals surface area contributed by atoms with Crippen molar-refractivity contribution < 1.29 is 0 Å². The van der Waals surface area contributed by atoms with E-state index in [2.05, 4.69) is 15.1 Å². The molecule has 3 nitrogen and oxygen atoms in total. The van der Waals surface area contributed by atoms with Crippen LogP contribution in [0.5, 0.6) is 0 Å². The third-order valence-corrected chi connectivity index (χ3v) is 5.88. The summed E-state index contributed by atoms with van der Waals surface area (Å²) in [6.07, 6.45) is 6.52. The maximum atomic E-state index is 6.12. The molecule has 0 unspecified atom stereocenters. The van der Waals surface area contributed by atoms with Crippen LogP contribution in [-0.2, 0) is 0 Å². The zero-order chi connectivity index (χ0) is 16.2. The Bertz CT molecular complexity index is 553. The summed E-state index contributed by atoms with van der Waals surface area (Å²) in [5, 5.41) is 5.70. The van der Waals surface area contributed by atoms with E-state index in [-0.39, 0.29) is 0 Å². The van der Waals surface area contributed by atoms with Gasteiger partial charge in [0.2, 0.25) is 0 Å². The van der Waals surface area contributed by atoms with Crippen LogP contribution in [0.25, 0.3) is 0 Å². The minimum absolute atomic E-state index is 0.573. The lowest BCUT2D eigenvalue weighted by atomic mass is 9.96. The second-order valence-corrected chi connectivity index (χ2v) is 7.56. The maximum Gasteiger partial charge on any atom is 0.169 e. The van der Waals surface area contributed by atoms with E-state index < -0.39 is 0 Å². The van der Waals surface area contributed by atoms with Crippen LogP contribution in [0.3, 0.4) is 0 Å². The van der Waals surface area contributed by atoms with Crippen molar-refractivity contribution in [3.63, 3.8) is 0 Å². The minimum atomic E-state index is 0.573. The molecule has 23 heavy (non-hydrogen) atoms. The van der Waals surface area contributed by atoms with Crippen LogP contribution in [0.1, 0.15) is 32.1 Å². The lowest BCUT2D eigenvalue weighted by Gasteiger charge is -2.38. The van der Waals surface area contributed by atoms with Crippen LogP contribution in [0.2, 0.25) is 10.0 Å². The predicted octanol–water partition coefficient (Wildman–Crippen LogP) is 4.32. The molecule has 1 saturated carbocycles. The van der Waals surface area contributed by atoms with Crippen LogP contribution in [0.4, 0.5) is 5.69 Å². The molecule has 1 aliphatic heterocycles. The molecule has 6 heteroatoms. The fourth-order valence-electron chi connectivity index (χ4n) is 3.36. The highest BCUT2D eigenvalue weighted by molar-refractivity contribution is 7.80. The Morgan fingerprint density at radius 1 is 1.00 bits per heavy atom. The highest BCUT2D eigenvalue weighted by Crippen LogP contribution is 2.27. The normalized spacial score (nSPS) is 19.7. The zero-order valence-corrected chi connectivity index (χ0v) is 15.6. The summed E-state index contributed by atoms with van der Waals surface area (Å²) in [4.78, 5) is 4.62. The highest BCUT2D eigenvalue weighted by atomic mass is 35.5. The van der Waals surface area contributed by atoms with Crippen molar-refractivity contribution >= 4 is 46.2 Å². The Balaban J connectivity index is 1.51. The van der Waals surface area contributed by atoms with Gasteiger partial charge < -0.3 is 15.1 Å². The average molecular weight is 372 g/mol. The van der Waals surface area contributed by atoms with E-state index >= 15 is 0 Å². The molecule has 1 saturated heterocycles. The van der Waals surface area contributed by atoms with E-state index in [1.54, 1.807) is 0 Å². The second kappa shape index (κ2) is 7.91. The molecule has 1 aliphatic carbocycles. The number of nitrogens with one attached hydrogen (secondary N) is 1. The maximum absolute atomic E-state index is 6.12. The standard InChI is InChI=1S/C17H23Cl2N3S/c18-15-7-6-14(12-16(15)19)21-8-10-22(11-9-21)17(23)20-13-4-2-1-3-5-13/h6-7,12-13H,1-5,8-11H2,(H,20,23). The predicted molar refractivity (Wildman–Crippen MR) is 103 cm³/mol. The number of piperazine rings is 1. The highest BCUT2D eigenvalue weighted by Gasteiger charge is 2.22. The molecule has 0 bridgehead atoms. The summed E-state index contributed by atoms with van der Waals surface area (Å²) < 4.78 is 0. The monoisotopic (exact) mass is 371 g/mol. The van der Waals surface area contributed by atoms with E-state index in [1.165, 1.54) is 32.1 Å². The smallest absolute Gasteiger partial charge is 0.169 e. The van der Waals surface area contributed by atoms with Crippen LogP contribution in [-0.4, -0.2) is 42.2 Å². The number of thiocarbonyl (C=S) groups is 1. The summed E-state index contributed by atoms with van der Waals surface area (Å²) in [7, 11) is 0. The van der Waals surface area contributed by atoms with Crippen molar-refractivity contribution in [2.75, 3.05) is 31.1 Å². The van der Waals surface area contributed by atoms with Gasteiger partial charge in [-0.2, -0.15) is 0 Å². The van der Waals surface area contributed by atoms with Crippen LogP contribution in [0, 0.1) is 0 Å². The van der Waals surface area contributed by atoms with Gasteiger partial charge in [0, 0.05) is 37.9 Å². The molecule has 2 fully saturated rings. The van der Waals surface area contributed by atoms with Gasteiger partial charge >= 0.3 is 0 Å². The molecule has 0 atom stereocenters. The molecule has 0 spiro atoms. The Morgan fingerprint density at radius 2 is 1.70 bits per heavy atom. The molecule has 0 radical (unpaired) electrons. The first-order valence-corrected chi connectivity index (χ1v) is 9.55. The quantitative estimate of drug-likeness (QED) is 0.779. The molecule has 2 aliphatic rings. The van der Waals surface area contributed by atoms with Crippen molar-refractivity contribution in [1.82, 2.24) is 10.2 Å². The third kappa shape index (κ3) is 4.43. The molecule has 0 amide bonds.